The Bertz CT molecular complexity index is 1200. The molecule has 7 nitrogen and oxygen atoms in total. The van der Waals surface area contributed by atoms with E-state index in [9.17, 15) is 4.79 Å². The molecule has 2 heterocycles. The van der Waals surface area contributed by atoms with Gasteiger partial charge in [-0.15, -0.1) is 11.3 Å². The number of anilines is 1. The Morgan fingerprint density at radius 3 is 2.61 bits per heavy atom. The number of ether oxygens (including phenoxy) is 2. The fraction of sp³-hybridized carbons (Fsp3) is 0.174. The van der Waals surface area contributed by atoms with E-state index in [-0.39, 0.29) is 12.3 Å². The third kappa shape index (κ3) is 4.44. The van der Waals surface area contributed by atoms with Crippen molar-refractivity contribution in [3.05, 3.63) is 71.5 Å². The lowest BCUT2D eigenvalue weighted by Gasteiger charge is -2.11. The number of methoxy groups -OCH3 is 2. The van der Waals surface area contributed by atoms with Crippen molar-refractivity contribution >= 4 is 23.1 Å². The van der Waals surface area contributed by atoms with Crippen LogP contribution < -0.4 is 14.8 Å². The number of benzene rings is 2. The normalized spacial score (nSPS) is 10.7. The van der Waals surface area contributed by atoms with Crippen LogP contribution in [-0.2, 0) is 11.2 Å². The first-order valence-electron chi connectivity index (χ1n) is 9.65. The van der Waals surface area contributed by atoms with E-state index in [1.54, 1.807) is 32.5 Å². The van der Waals surface area contributed by atoms with E-state index in [2.05, 4.69) is 10.3 Å². The Morgan fingerprint density at radius 2 is 1.87 bits per heavy atom. The molecule has 158 valence electrons. The molecule has 4 rings (SSSR count). The molecule has 0 aliphatic carbocycles. The summed E-state index contributed by atoms with van der Waals surface area (Å²) < 4.78 is 12.4. The lowest BCUT2D eigenvalue weighted by atomic mass is 10.1. The molecule has 0 unspecified atom stereocenters. The van der Waals surface area contributed by atoms with Crippen molar-refractivity contribution in [2.24, 2.45) is 0 Å². The highest BCUT2D eigenvalue weighted by molar-refractivity contribution is 7.12. The maximum Gasteiger partial charge on any atom is 0.229 e. The van der Waals surface area contributed by atoms with Crippen LogP contribution in [0.1, 0.15) is 11.4 Å². The Balaban J connectivity index is 1.53. The molecular weight excluding hydrogens is 412 g/mol. The van der Waals surface area contributed by atoms with Gasteiger partial charge < -0.3 is 14.8 Å². The number of imidazole rings is 1. The van der Waals surface area contributed by atoms with Crippen molar-refractivity contribution in [3.8, 4) is 27.9 Å². The zero-order valence-electron chi connectivity index (χ0n) is 17.5. The molecule has 8 heteroatoms. The Hall–Kier alpha value is -3.65. The standard InChI is InChI=1S/C23H22N4O3S/c1-15-24-13-21(26-22(28)12-16-9-10-19(29-2)20(11-16)30-3)27(15)23-25-18(14-31-23)17-7-5-4-6-8-17/h4-11,13-14H,12H2,1-3H3,(H,26,28). The van der Waals surface area contributed by atoms with Gasteiger partial charge in [0.05, 0.1) is 32.5 Å². The number of carbonyl (C=O) groups excluding carboxylic acids is 1. The Labute approximate surface area is 184 Å². The van der Waals surface area contributed by atoms with Gasteiger partial charge in [0, 0.05) is 10.9 Å². The number of carbonyl (C=O) groups is 1. The third-order valence-electron chi connectivity index (χ3n) is 4.77. The predicted molar refractivity (Wildman–Crippen MR) is 121 cm³/mol. The fourth-order valence-corrected chi connectivity index (χ4v) is 4.14. The molecule has 0 bridgehead atoms. The van der Waals surface area contributed by atoms with Crippen molar-refractivity contribution in [2.45, 2.75) is 13.3 Å². The van der Waals surface area contributed by atoms with Crippen molar-refractivity contribution < 1.29 is 14.3 Å². The Morgan fingerprint density at radius 1 is 1.10 bits per heavy atom. The van der Waals surface area contributed by atoms with E-state index in [1.807, 2.05) is 53.3 Å². The van der Waals surface area contributed by atoms with Gasteiger partial charge in [-0.1, -0.05) is 36.4 Å². The quantitative estimate of drug-likeness (QED) is 0.463. The van der Waals surface area contributed by atoms with Crippen LogP contribution in [0.5, 0.6) is 11.5 Å². The second-order valence-corrected chi connectivity index (χ2v) is 7.66. The van der Waals surface area contributed by atoms with Crippen molar-refractivity contribution in [2.75, 3.05) is 19.5 Å². The molecule has 0 aliphatic heterocycles. The molecule has 0 atom stereocenters. The molecule has 0 saturated heterocycles. The molecule has 0 fully saturated rings. The van der Waals surface area contributed by atoms with Gasteiger partial charge in [-0.05, 0) is 24.6 Å². The average molecular weight is 435 g/mol. The fourth-order valence-electron chi connectivity index (χ4n) is 3.25. The number of amides is 1. The van der Waals surface area contributed by atoms with E-state index in [0.717, 1.165) is 27.8 Å². The largest absolute Gasteiger partial charge is 0.493 e. The van der Waals surface area contributed by atoms with Gasteiger partial charge >= 0.3 is 0 Å². The summed E-state index contributed by atoms with van der Waals surface area (Å²) in [6.45, 7) is 1.88. The monoisotopic (exact) mass is 434 g/mol. The van der Waals surface area contributed by atoms with Crippen molar-refractivity contribution in [1.29, 1.82) is 0 Å². The van der Waals surface area contributed by atoms with Crippen LogP contribution in [0.25, 0.3) is 16.4 Å². The molecule has 0 radical (unpaired) electrons. The summed E-state index contributed by atoms with van der Waals surface area (Å²) in [5.74, 6) is 2.38. The molecule has 2 aromatic carbocycles. The molecule has 2 aromatic heterocycles. The van der Waals surface area contributed by atoms with Gasteiger partial charge in [-0.2, -0.15) is 0 Å². The number of aromatic nitrogens is 3. The minimum atomic E-state index is -0.159. The number of hydrogen-bond donors (Lipinski definition) is 1. The number of thiazole rings is 1. The maximum atomic E-state index is 12.7. The second kappa shape index (κ2) is 9.01. The lowest BCUT2D eigenvalue weighted by molar-refractivity contribution is -0.115. The number of hydrogen-bond acceptors (Lipinski definition) is 6. The van der Waals surface area contributed by atoms with E-state index in [0.29, 0.717) is 17.3 Å². The van der Waals surface area contributed by atoms with Crippen LogP contribution in [-0.4, -0.2) is 34.7 Å². The molecule has 0 aliphatic rings. The van der Waals surface area contributed by atoms with Crippen molar-refractivity contribution in [3.63, 3.8) is 0 Å². The predicted octanol–water partition coefficient (Wildman–Crippen LogP) is 4.50. The second-order valence-electron chi connectivity index (χ2n) is 6.82. The van der Waals surface area contributed by atoms with Gasteiger partial charge in [-0.3, -0.25) is 9.36 Å². The van der Waals surface area contributed by atoms with Crippen LogP contribution in [0, 0.1) is 6.92 Å². The molecule has 4 aromatic rings. The van der Waals surface area contributed by atoms with Crippen molar-refractivity contribution in [1.82, 2.24) is 14.5 Å². The van der Waals surface area contributed by atoms with E-state index >= 15 is 0 Å². The molecule has 31 heavy (non-hydrogen) atoms. The SMILES string of the molecule is COc1ccc(CC(=O)Nc2cnc(C)n2-c2nc(-c3ccccc3)cs2)cc1OC. The first kappa shape index (κ1) is 20.6. The number of nitrogens with one attached hydrogen (secondary N) is 1. The average Bonchev–Trinajstić information content (AvgIpc) is 3.40. The number of nitrogens with zero attached hydrogens (tertiary/aromatic N) is 3. The molecule has 1 amide bonds. The van der Waals surface area contributed by atoms with Gasteiger partial charge in [0.1, 0.15) is 11.6 Å². The number of aryl methyl sites for hydroxylation is 1. The molecule has 0 saturated carbocycles. The first-order chi connectivity index (χ1) is 15.1. The zero-order chi connectivity index (χ0) is 21.8. The topological polar surface area (TPSA) is 78.3 Å². The summed E-state index contributed by atoms with van der Waals surface area (Å²) in [4.78, 5) is 21.8. The smallest absolute Gasteiger partial charge is 0.229 e. The van der Waals surface area contributed by atoms with Crippen LogP contribution >= 0.6 is 11.3 Å². The molecule has 1 N–H and O–H groups in total. The van der Waals surface area contributed by atoms with E-state index < -0.39 is 0 Å². The zero-order valence-corrected chi connectivity index (χ0v) is 18.3. The highest BCUT2D eigenvalue weighted by atomic mass is 32.1. The first-order valence-corrected chi connectivity index (χ1v) is 10.5. The highest BCUT2D eigenvalue weighted by Crippen LogP contribution is 2.29. The van der Waals surface area contributed by atoms with Gasteiger partial charge in [0.15, 0.2) is 16.6 Å². The van der Waals surface area contributed by atoms with Crippen LogP contribution in [0.3, 0.4) is 0 Å². The van der Waals surface area contributed by atoms with Crippen LogP contribution in [0.4, 0.5) is 5.82 Å². The van der Waals surface area contributed by atoms with E-state index in [1.165, 1.54) is 11.3 Å². The highest BCUT2D eigenvalue weighted by Gasteiger charge is 2.16. The minimum absolute atomic E-state index is 0.159. The summed E-state index contributed by atoms with van der Waals surface area (Å²) in [6, 6.07) is 15.4. The van der Waals surface area contributed by atoms with Crippen LogP contribution in [0.15, 0.2) is 60.1 Å². The summed E-state index contributed by atoms with van der Waals surface area (Å²) >= 11 is 1.50. The lowest BCUT2D eigenvalue weighted by Crippen LogP contribution is -2.17. The summed E-state index contributed by atoms with van der Waals surface area (Å²) in [7, 11) is 3.15. The maximum absolute atomic E-state index is 12.7. The van der Waals surface area contributed by atoms with E-state index in [4.69, 9.17) is 14.5 Å². The minimum Gasteiger partial charge on any atom is -0.493 e. The van der Waals surface area contributed by atoms with Gasteiger partial charge in [0.25, 0.3) is 0 Å². The molecular formula is C23H22N4O3S. The summed E-state index contributed by atoms with van der Waals surface area (Å²) in [6.07, 6.45) is 1.84. The van der Waals surface area contributed by atoms with Gasteiger partial charge in [0.2, 0.25) is 5.91 Å². The summed E-state index contributed by atoms with van der Waals surface area (Å²) in [5, 5.41) is 5.69. The van der Waals surface area contributed by atoms with Gasteiger partial charge in [-0.25, -0.2) is 9.97 Å². The molecule has 0 spiro atoms. The summed E-state index contributed by atoms with van der Waals surface area (Å²) in [5.41, 5.74) is 2.75. The van der Waals surface area contributed by atoms with Crippen LogP contribution in [0.2, 0.25) is 0 Å². The third-order valence-corrected chi connectivity index (χ3v) is 5.60. The number of rotatable bonds is 7. The Kier molecular flexibility index (Phi) is 5.99.